The lowest BCUT2D eigenvalue weighted by atomic mass is 9.96. The minimum Gasteiger partial charge on any atom is -0.462 e. The first-order valence-electron chi connectivity index (χ1n) is 13.2. The van der Waals surface area contributed by atoms with Crippen LogP contribution in [0, 0.1) is 25.7 Å². The molecule has 0 aromatic heterocycles. The Kier molecular flexibility index (Phi) is 10.5. The number of carbonyl (C=O) groups excluding carboxylic acids is 2. The quantitative estimate of drug-likeness (QED) is 0.197. The predicted octanol–water partition coefficient (Wildman–Crippen LogP) is 6.89. The zero-order chi connectivity index (χ0) is 27.3. The standard InChI is InChI=1S/C29H47NO5Si/c1-19(2)12-11-13-21(4)27-24(34-29(6,7)35-27)18-25(31)30-23-17-20(3)16-22(5)26(23)28(32)33-14-15-36(8,9)10/h11,13,16-17,19,21,24,27H,12,14-15,18H2,1-10H3,(H,30,31)/b13-11-/t21?,24-,27-/m1/s1. The number of esters is 1. The second-order valence-electron chi connectivity index (χ2n) is 12.3. The van der Waals surface area contributed by atoms with Gasteiger partial charge in [0.05, 0.1) is 36.5 Å². The summed E-state index contributed by atoms with van der Waals surface area (Å²) in [6.45, 7) is 21.2. The van der Waals surface area contributed by atoms with Crippen molar-refractivity contribution in [1.29, 1.82) is 0 Å². The third-order valence-corrected chi connectivity index (χ3v) is 7.92. The summed E-state index contributed by atoms with van der Waals surface area (Å²) >= 11 is 0. The molecular weight excluding hydrogens is 470 g/mol. The Morgan fingerprint density at radius 1 is 1.14 bits per heavy atom. The maximum atomic E-state index is 13.2. The minimum absolute atomic E-state index is 0.0986. The van der Waals surface area contributed by atoms with Crippen LogP contribution < -0.4 is 5.32 Å². The fourth-order valence-corrected chi connectivity index (χ4v) is 5.10. The van der Waals surface area contributed by atoms with Crippen LogP contribution in [-0.4, -0.2) is 44.6 Å². The lowest BCUT2D eigenvalue weighted by Crippen LogP contribution is -2.32. The number of ether oxygens (including phenoxy) is 3. The lowest BCUT2D eigenvalue weighted by molar-refractivity contribution is -0.150. The highest BCUT2D eigenvalue weighted by Crippen LogP contribution is 2.35. The number of benzene rings is 1. The molecule has 202 valence electrons. The maximum absolute atomic E-state index is 13.2. The Balaban J connectivity index is 2.15. The molecule has 1 N–H and O–H groups in total. The number of hydrogen-bond acceptors (Lipinski definition) is 5. The van der Waals surface area contributed by atoms with Gasteiger partial charge in [0, 0.05) is 14.0 Å². The summed E-state index contributed by atoms with van der Waals surface area (Å²) in [6.07, 6.45) is 4.83. The molecule has 7 heteroatoms. The van der Waals surface area contributed by atoms with E-state index in [1.54, 1.807) is 0 Å². The monoisotopic (exact) mass is 517 g/mol. The maximum Gasteiger partial charge on any atom is 0.340 e. The van der Waals surface area contributed by atoms with E-state index < -0.39 is 25.9 Å². The van der Waals surface area contributed by atoms with Crippen LogP contribution in [-0.2, 0) is 19.0 Å². The van der Waals surface area contributed by atoms with E-state index >= 15 is 0 Å². The molecule has 1 unspecified atom stereocenters. The normalized spacial score (nSPS) is 20.6. The summed E-state index contributed by atoms with van der Waals surface area (Å²) in [7, 11) is -1.33. The van der Waals surface area contributed by atoms with Gasteiger partial charge in [0.1, 0.15) is 0 Å². The Morgan fingerprint density at radius 2 is 1.81 bits per heavy atom. The average molecular weight is 518 g/mol. The second kappa shape index (κ2) is 12.5. The number of amides is 1. The molecule has 0 aliphatic carbocycles. The van der Waals surface area contributed by atoms with Crippen LogP contribution in [0.5, 0.6) is 0 Å². The first-order valence-corrected chi connectivity index (χ1v) is 16.9. The van der Waals surface area contributed by atoms with E-state index in [9.17, 15) is 9.59 Å². The molecule has 36 heavy (non-hydrogen) atoms. The molecule has 1 heterocycles. The Labute approximate surface area is 219 Å². The number of allylic oxidation sites excluding steroid dienone is 1. The van der Waals surface area contributed by atoms with E-state index in [0.717, 1.165) is 23.6 Å². The summed E-state index contributed by atoms with van der Waals surface area (Å²) < 4.78 is 17.9. The van der Waals surface area contributed by atoms with Crippen LogP contribution >= 0.6 is 0 Å². The molecule has 1 aromatic rings. The third kappa shape index (κ3) is 9.49. The van der Waals surface area contributed by atoms with Crippen molar-refractivity contribution < 1.29 is 23.8 Å². The summed E-state index contributed by atoms with van der Waals surface area (Å²) in [4.78, 5) is 26.2. The molecular formula is C29H47NO5Si. The van der Waals surface area contributed by atoms with Gasteiger partial charge in [-0.3, -0.25) is 4.79 Å². The average Bonchev–Trinajstić information content (AvgIpc) is 2.99. The third-order valence-electron chi connectivity index (χ3n) is 6.22. The molecule has 2 rings (SSSR count). The van der Waals surface area contributed by atoms with Gasteiger partial charge in [-0.15, -0.1) is 0 Å². The first-order chi connectivity index (χ1) is 16.6. The Morgan fingerprint density at radius 3 is 2.42 bits per heavy atom. The number of nitrogens with one attached hydrogen (secondary N) is 1. The molecule has 1 aliphatic heterocycles. The molecule has 1 fully saturated rings. The minimum atomic E-state index is -1.33. The summed E-state index contributed by atoms with van der Waals surface area (Å²) in [5.41, 5.74) is 2.64. The van der Waals surface area contributed by atoms with Gasteiger partial charge in [0.2, 0.25) is 5.91 Å². The van der Waals surface area contributed by atoms with Gasteiger partial charge in [-0.05, 0) is 63.3 Å². The van der Waals surface area contributed by atoms with Crippen molar-refractivity contribution in [2.24, 2.45) is 11.8 Å². The molecule has 3 atom stereocenters. The van der Waals surface area contributed by atoms with Crippen molar-refractivity contribution in [3.63, 3.8) is 0 Å². The zero-order valence-corrected chi connectivity index (χ0v) is 25.0. The molecule has 0 spiro atoms. The molecule has 0 radical (unpaired) electrons. The van der Waals surface area contributed by atoms with E-state index in [4.69, 9.17) is 14.2 Å². The zero-order valence-electron chi connectivity index (χ0n) is 24.0. The van der Waals surface area contributed by atoms with Gasteiger partial charge < -0.3 is 19.5 Å². The molecule has 1 saturated heterocycles. The van der Waals surface area contributed by atoms with Crippen molar-refractivity contribution in [2.45, 2.75) is 105 Å². The number of rotatable bonds is 11. The fourth-order valence-electron chi connectivity index (χ4n) is 4.38. The first kappa shape index (κ1) is 30.3. The molecule has 1 aromatic carbocycles. The number of aryl methyl sites for hydroxylation is 2. The fraction of sp³-hybridized carbons (Fsp3) is 0.655. The van der Waals surface area contributed by atoms with Crippen molar-refractivity contribution in [1.82, 2.24) is 0 Å². The van der Waals surface area contributed by atoms with Gasteiger partial charge in [-0.2, -0.15) is 0 Å². The highest BCUT2D eigenvalue weighted by Gasteiger charge is 2.44. The van der Waals surface area contributed by atoms with Crippen LogP contribution in [0.3, 0.4) is 0 Å². The Bertz CT molecular complexity index is 948. The van der Waals surface area contributed by atoms with E-state index in [-0.39, 0.29) is 24.3 Å². The lowest BCUT2D eigenvalue weighted by Gasteiger charge is -2.21. The number of anilines is 1. The van der Waals surface area contributed by atoms with Gasteiger partial charge >= 0.3 is 5.97 Å². The van der Waals surface area contributed by atoms with Gasteiger partial charge in [-0.1, -0.05) is 58.6 Å². The molecule has 1 amide bonds. The van der Waals surface area contributed by atoms with Crippen molar-refractivity contribution in [3.05, 3.63) is 41.0 Å². The van der Waals surface area contributed by atoms with Crippen LogP contribution in [0.4, 0.5) is 5.69 Å². The molecule has 1 aliphatic rings. The van der Waals surface area contributed by atoms with E-state index in [1.165, 1.54) is 0 Å². The largest absolute Gasteiger partial charge is 0.462 e. The van der Waals surface area contributed by atoms with Gasteiger partial charge in [0.15, 0.2) is 5.79 Å². The SMILES string of the molecule is Cc1cc(C)c(C(=O)OCC[Si](C)(C)C)c(NC(=O)C[C@H]2OC(C)(C)O[C@@H]2C(C)/C=C\CC(C)C)c1. The smallest absolute Gasteiger partial charge is 0.340 e. The highest BCUT2D eigenvalue weighted by atomic mass is 28.3. The van der Waals surface area contributed by atoms with E-state index in [1.807, 2.05) is 39.8 Å². The predicted molar refractivity (Wildman–Crippen MR) is 149 cm³/mol. The van der Waals surface area contributed by atoms with Gasteiger partial charge in [-0.25, -0.2) is 4.79 Å². The van der Waals surface area contributed by atoms with Crippen LogP contribution in [0.2, 0.25) is 25.7 Å². The van der Waals surface area contributed by atoms with Crippen molar-refractivity contribution >= 4 is 25.6 Å². The van der Waals surface area contributed by atoms with Gasteiger partial charge in [0.25, 0.3) is 0 Å². The molecule has 0 bridgehead atoms. The highest BCUT2D eigenvalue weighted by molar-refractivity contribution is 6.76. The van der Waals surface area contributed by atoms with Crippen molar-refractivity contribution in [3.8, 4) is 0 Å². The summed E-state index contributed by atoms with van der Waals surface area (Å²) in [5, 5.41) is 2.97. The molecule has 6 nitrogen and oxygen atoms in total. The summed E-state index contributed by atoms with van der Waals surface area (Å²) in [5.74, 6) is -0.695. The Hall–Kier alpha value is -1.96. The summed E-state index contributed by atoms with van der Waals surface area (Å²) in [6, 6.07) is 4.65. The number of hydrogen-bond donors (Lipinski definition) is 1. The number of carbonyl (C=O) groups is 2. The van der Waals surface area contributed by atoms with E-state index in [2.05, 4.69) is 57.9 Å². The topological polar surface area (TPSA) is 73.9 Å². The second-order valence-corrected chi connectivity index (χ2v) is 17.9. The van der Waals surface area contributed by atoms with E-state index in [0.29, 0.717) is 23.8 Å². The van der Waals surface area contributed by atoms with Crippen LogP contribution in [0.15, 0.2) is 24.3 Å². The van der Waals surface area contributed by atoms with Crippen LogP contribution in [0.1, 0.15) is 68.9 Å². The van der Waals surface area contributed by atoms with Crippen molar-refractivity contribution in [2.75, 3.05) is 11.9 Å². The van der Waals surface area contributed by atoms with Crippen LogP contribution in [0.25, 0.3) is 0 Å². The molecule has 0 saturated carbocycles.